The molecule has 0 radical (unpaired) electrons. The molecule has 2 N–H and O–H groups in total. The maximum absolute atomic E-state index is 13.2. The quantitative estimate of drug-likeness (QED) is 0.137. The Balaban J connectivity index is 1.22. The SMILES string of the molecule is O=C(Oc1ccccc1C=NNC(=O)c1[nH]c2ccccc2c1-c1ccccc1)c1ccc2c(c1)OCO2. The van der Waals surface area contributed by atoms with E-state index in [1.807, 2.05) is 54.6 Å². The van der Waals surface area contributed by atoms with Crippen molar-refractivity contribution in [2.45, 2.75) is 0 Å². The Hall–Kier alpha value is -5.37. The molecule has 5 aromatic rings. The van der Waals surface area contributed by atoms with Crippen molar-refractivity contribution >= 4 is 29.0 Å². The Bertz CT molecular complexity index is 1690. The summed E-state index contributed by atoms with van der Waals surface area (Å²) in [5.41, 5.74) is 6.39. The molecule has 2 heterocycles. The topological polar surface area (TPSA) is 102 Å². The maximum Gasteiger partial charge on any atom is 0.343 e. The van der Waals surface area contributed by atoms with Gasteiger partial charge < -0.3 is 19.2 Å². The van der Waals surface area contributed by atoms with Gasteiger partial charge in [-0.2, -0.15) is 5.10 Å². The second-order valence-corrected chi connectivity index (χ2v) is 8.48. The molecular formula is C30H21N3O5. The Labute approximate surface area is 217 Å². The molecule has 0 atom stereocenters. The number of amides is 1. The van der Waals surface area contributed by atoms with E-state index in [9.17, 15) is 9.59 Å². The number of ether oxygens (including phenoxy) is 3. The lowest BCUT2D eigenvalue weighted by molar-refractivity contribution is 0.0733. The van der Waals surface area contributed by atoms with Crippen molar-refractivity contribution in [1.29, 1.82) is 0 Å². The number of carbonyl (C=O) groups is 2. The lowest BCUT2D eigenvalue weighted by atomic mass is 10.0. The van der Waals surface area contributed by atoms with Crippen LogP contribution in [0.1, 0.15) is 26.4 Å². The van der Waals surface area contributed by atoms with Crippen molar-refractivity contribution in [2.24, 2.45) is 5.10 Å². The first-order valence-corrected chi connectivity index (χ1v) is 11.9. The fourth-order valence-corrected chi connectivity index (χ4v) is 4.30. The van der Waals surface area contributed by atoms with Gasteiger partial charge in [0.2, 0.25) is 6.79 Å². The molecule has 6 rings (SSSR count). The lowest BCUT2D eigenvalue weighted by Crippen LogP contribution is -2.19. The van der Waals surface area contributed by atoms with E-state index in [4.69, 9.17) is 14.2 Å². The summed E-state index contributed by atoms with van der Waals surface area (Å²) in [5, 5.41) is 5.08. The van der Waals surface area contributed by atoms with Gasteiger partial charge in [-0.15, -0.1) is 0 Å². The van der Waals surface area contributed by atoms with Crippen molar-refractivity contribution in [2.75, 3.05) is 6.79 Å². The number of H-pyrrole nitrogens is 1. The Kier molecular flexibility index (Phi) is 6.03. The molecule has 1 amide bonds. The third-order valence-corrected chi connectivity index (χ3v) is 6.10. The Morgan fingerprint density at radius 1 is 0.868 bits per heavy atom. The third-order valence-electron chi connectivity index (χ3n) is 6.10. The van der Waals surface area contributed by atoms with Gasteiger partial charge in [0, 0.05) is 22.0 Å². The molecule has 0 saturated carbocycles. The van der Waals surface area contributed by atoms with Crippen LogP contribution in [-0.2, 0) is 0 Å². The van der Waals surface area contributed by atoms with Crippen LogP contribution in [0.15, 0.2) is 102 Å². The number of esters is 1. The van der Waals surface area contributed by atoms with E-state index in [-0.39, 0.29) is 6.79 Å². The number of aromatic nitrogens is 1. The highest BCUT2D eigenvalue weighted by Crippen LogP contribution is 2.33. The average molecular weight is 504 g/mol. The average Bonchev–Trinajstić information content (AvgIpc) is 3.59. The molecular weight excluding hydrogens is 482 g/mol. The predicted molar refractivity (Wildman–Crippen MR) is 143 cm³/mol. The number of nitrogens with zero attached hydrogens (tertiary/aromatic N) is 1. The number of carbonyl (C=O) groups excluding carboxylic acids is 2. The van der Waals surface area contributed by atoms with E-state index in [0.29, 0.717) is 34.1 Å². The fourth-order valence-electron chi connectivity index (χ4n) is 4.30. The first-order valence-electron chi connectivity index (χ1n) is 11.9. The highest BCUT2D eigenvalue weighted by Gasteiger charge is 2.20. The molecule has 0 fully saturated rings. The number of fused-ring (bicyclic) bond motifs is 2. The zero-order valence-electron chi connectivity index (χ0n) is 20.0. The van der Waals surface area contributed by atoms with Crippen LogP contribution < -0.4 is 19.6 Å². The van der Waals surface area contributed by atoms with E-state index >= 15 is 0 Å². The van der Waals surface area contributed by atoms with Gasteiger partial charge in [-0.3, -0.25) is 4.79 Å². The number of rotatable bonds is 6. The van der Waals surface area contributed by atoms with E-state index in [1.54, 1.807) is 42.5 Å². The van der Waals surface area contributed by atoms with Crippen LogP contribution in [0.5, 0.6) is 17.2 Å². The zero-order valence-corrected chi connectivity index (χ0v) is 20.0. The number of benzene rings is 4. The van der Waals surface area contributed by atoms with Gasteiger partial charge >= 0.3 is 5.97 Å². The molecule has 1 aliphatic heterocycles. The van der Waals surface area contributed by atoms with Crippen molar-refractivity contribution in [1.82, 2.24) is 10.4 Å². The van der Waals surface area contributed by atoms with Crippen molar-refractivity contribution in [3.63, 3.8) is 0 Å². The van der Waals surface area contributed by atoms with Crippen LogP contribution in [0, 0.1) is 0 Å². The largest absolute Gasteiger partial charge is 0.454 e. The summed E-state index contributed by atoms with van der Waals surface area (Å²) >= 11 is 0. The van der Waals surface area contributed by atoms with Crippen molar-refractivity contribution in [3.05, 3.63) is 114 Å². The first-order chi connectivity index (χ1) is 18.7. The van der Waals surface area contributed by atoms with Gasteiger partial charge in [0.1, 0.15) is 11.4 Å². The van der Waals surface area contributed by atoms with Crippen LogP contribution in [-0.4, -0.2) is 29.9 Å². The minimum Gasteiger partial charge on any atom is -0.454 e. The summed E-state index contributed by atoms with van der Waals surface area (Å²) < 4.78 is 16.2. The number of nitrogens with one attached hydrogen (secondary N) is 2. The third kappa shape index (κ3) is 4.46. The molecule has 1 aliphatic rings. The molecule has 8 heteroatoms. The number of hydrogen-bond donors (Lipinski definition) is 2. The van der Waals surface area contributed by atoms with E-state index < -0.39 is 11.9 Å². The van der Waals surface area contributed by atoms with E-state index in [0.717, 1.165) is 22.0 Å². The second kappa shape index (κ2) is 9.94. The minimum atomic E-state index is -0.557. The summed E-state index contributed by atoms with van der Waals surface area (Å²) in [6.45, 7) is 0.115. The monoisotopic (exact) mass is 503 g/mol. The summed E-state index contributed by atoms with van der Waals surface area (Å²) in [4.78, 5) is 29.1. The molecule has 0 aliphatic carbocycles. The summed E-state index contributed by atoms with van der Waals surface area (Å²) in [5.74, 6) is 0.410. The normalized spacial score (nSPS) is 12.1. The second-order valence-electron chi connectivity index (χ2n) is 8.48. The number of aromatic amines is 1. The van der Waals surface area contributed by atoms with E-state index in [2.05, 4.69) is 15.5 Å². The maximum atomic E-state index is 13.2. The molecule has 8 nitrogen and oxygen atoms in total. The summed E-state index contributed by atoms with van der Waals surface area (Å²) in [6, 6.07) is 29.2. The molecule has 0 saturated heterocycles. The smallest absolute Gasteiger partial charge is 0.343 e. The minimum absolute atomic E-state index is 0.115. The molecule has 38 heavy (non-hydrogen) atoms. The number of para-hydroxylation sites is 2. The summed E-state index contributed by atoms with van der Waals surface area (Å²) in [6.07, 6.45) is 1.44. The van der Waals surface area contributed by atoms with Gasteiger partial charge in [-0.1, -0.05) is 60.7 Å². The van der Waals surface area contributed by atoms with Crippen molar-refractivity contribution < 1.29 is 23.8 Å². The first kappa shape index (κ1) is 23.1. The Morgan fingerprint density at radius 3 is 2.53 bits per heavy atom. The Morgan fingerprint density at radius 2 is 1.63 bits per heavy atom. The van der Waals surface area contributed by atoms with Crippen LogP contribution in [0.4, 0.5) is 0 Å². The highest BCUT2D eigenvalue weighted by molar-refractivity contribution is 6.09. The van der Waals surface area contributed by atoms with Gasteiger partial charge in [0.25, 0.3) is 5.91 Å². The molecule has 186 valence electrons. The van der Waals surface area contributed by atoms with E-state index in [1.165, 1.54) is 6.21 Å². The van der Waals surface area contributed by atoms with Crippen LogP contribution >= 0.6 is 0 Å². The lowest BCUT2D eigenvalue weighted by Gasteiger charge is -2.08. The molecule has 0 bridgehead atoms. The van der Waals surface area contributed by atoms with Crippen LogP contribution in [0.3, 0.4) is 0 Å². The predicted octanol–water partition coefficient (Wildman–Crippen LogP) is 5.55. The number of hydrogen-bond acceptors (Lipinski definition) is 6. The fraction of sp³-hybridized carbons (Fsp3) is 0.0333. The van der Waals surface area contributed by atoms with Gasteiger partial charge in [0.15, 0.2) is 11.5 Å². The van der Waals surface area contributed by atoms with Crippen LogP contribution in [0.2, 0.25) is 0 Å². The highest BCUT2D eigenvalue weighted by atomic mass is 16.7. The zero-order chi connectivity index (χ0) is 25.9. The van der Waals surface area contributed by atoms with Crippen molar-refractivity contribution in [3.8, 4) is 28.4 Å². The standard InChI is InChI=1S/C30H21N3O5/c34-29(28-27(19-8-2-1-3-9-19)22-11-5-6-12-23(22)32-28)33-31-17-21-10-4-7-13-24(21)38-30(35)20-14-15-25-26(16-20)37-18-36-25/h1-17,32H,18H2,(H,33,34). The van der Waals surface area contributed by atoms with Gasteiger partial charge in [-0.05, 0) is 42.0 Å². The van der Waals surface area contributed by atoms with Crippen LogP contribution in [0.25, 0.3) is 22.0 Å². The molecule has 4 aromatic carbocycles. The molecule has 1 aromatic heterocycles. The van der Waals surface area contributed by atoms with Gasteiger partial charge in [-0.25, -0.2) is 10.2 Å². The molecule has 0 spiro atoms. The molecule has 0 unspecified atom stereocenters. The van der Waals surface area contributed by atoms with Gasteiger partial charge in [0.05, 0.1) is 11.8 Å². The number of hydrazone groups is 1. The summed E-state index contributed by atoms with van der Waals surface area (Å²) in [7, 11) is 0.